The van der Waals surface area contributed by atoms with Gasteiger partial charge in [0, 0.05) is 10.6 Å². The van der Waals surface area contributed by atoms with Crippen LogP contribution in [0.4, 0.5) is 0 Å². The van der Waals surface area contributed by atoms with Gasteiger partial charge in [-0.05, 0) is 23.8 Å². The maximum Gasteiger partial charge on any atom is 0.186 e. The van der Waals surface area contributed by atoms with E-state index in [4.69, 9.17) is 27.9 Å². The standard InChI is InChI=1S/C20H16Cl2O4S/c21-16-10-17(22)20(23)19(11-16)27(24,25)13-15-8-4-5-9-18(15)26-12-14-6-2-1-3-7-14/h1-11,23H,12-13H2. The number of benzene rings is 3. The highest BCUT2D eigenvalue weighted by Gasteiger charge is 2.23. The molecule has 0 bridgehead atoms. The summed E-state index contributed by atoms with van der Waals surface area (Å²) in [7, 11) is -3.89. The van der Waals surface area contributed by atoms with E-state index in [0.717, 1.165) is 5.56 Å². The molecule has 0 atom stereocenters. The van der Waals surface area contributed by atoms with Gasteiger partial charge >= 0.3 is 0 Å². The molecule has 0 aliphatic rings. The Kier molecular flexibility index (Phi) is 5.95. The number of ether oxygens (including phenoxy) is 1. The Hall–Kier alpha value is -2.21. The molecule has 7 heteroatoms. The third kappa shape index (κ3) is 4.75. The fourth-order valence-electron chi connectivity index (χ4n) is 2.56. The van der Waals surface area contributed by atoms with Crippen molar-refractivity contribution in [3.63, 3.8) is 0 Å². The molecular formula is C20H16Cl2O4S. The first-order chi connectivity index (χ1) is 12.9. The Morgan fingerprint density at radius 1 is 0.926 bits per heavy atom. The van der Waals surface area contributed by atoms with E-state index in [1.165, 1.54) is 12.1 Å². The van der Waals surface area contributed by atoms with Gasteiger partial charge in [0.25, 0.3) is 0 Å². The number of hydrogen-bond acceptors (Lipinski definition) is 4. The van der Waals surface area contributed by atoms with Crippen molar-refractivity contribution < 1.29 is 18.3 Å². The molecule has 0 saturated heterocycles. The maximum atomic E-state index is 12.8. The smallest absolute Gasteiger partial charge is 0.186 e. The Balaban J connectivity index is 1.87. The Labute approximate surface area is 167 Å². The highest BCUT2D eigenvalue weighted by atomic mass is 35.5. The van der Waals surface area contributed by atoms with Crippen LogP contribution in [-0.2, 0) is 22.2 Å². The fraction of sp³-hybridized carbons (Fsp3) is 0.100. The van der Waals surface area contributed by atoms with E-state index < -0.39 is 15.6 Å². The maximum absolute atomic E-state index is 12.8. The topological polar surface area (TPSA) is 63.6 Å². The van der Waals surface area contributed by atoms with Crippen LogP contribution in [0.15, 0.2) is 71.6 Å². The molecule has 0 heterocycles. The number of sulfone groups is 1. The molecule has 0 spiro atoms. The van der Waals surface area contributed by atoms with Gasteiger partial charge < -0.3 is 9.84 Å². The molecule has 0 aliphatic carbocycles. The van der Waals surface area contributed by atoms with E-state index in [1.807, 2.05) is 30.3 Å². The summed E-state index contributed by atoms with van der Waals surface area (Å²) >= 11 is 11.7. The normalized spacial score (nSPS) is 11.3. The van der Waals surface area contributed by atoms with Gasteiger partial charge in [-0.25, -0.2) is 8.42 Å². The first kappa shape index (κ1) is 19.5. The lowest BCUT2D eigenvalue weighted by molar-refractivity contribution is 0.303. The molecule has 0 aliphatic heterocycles. The summed E-state index contributed by atoms with van der Waals surface area (Å²) in [5.74, 6) is -0.413. The van der Waals surface area contributed by atoms with E-state index in [9.17, 15) is 13.5 Å². The second kappa shape index (κ2) is 8.21. The van der Waals surface area contributed by atoms with Gasteiger partial charge in [0.2, 0.25) is 0 Å². The summed E-state index contributed by atoms with van der Waals surface area (Å²) in [5, 5.41) is 10.1. The summed E-state index contributed by atoms with van der Waals surface area (Å²) in [6, 6.07) is 18.9. The molecule has 3 rings (SSSR count). The molecule has 0 aromatic heterocycles. The number of phenolic OH excluding ortho intramolecular Hbond substituents is 1. The highest BCUT2D eigenvalue weighted by molar-refractivity contribution is 7.90. The van der Waals surface area contributed by atoms with E-state index in [1.54, 1.807) is 24.3 Å². The predicted molar refractivity (Wildman–Crippen MR) is 106 cm³/mol. The summed E-state index contributed by atoms with van der Waals surface area (Å²) in [4.78, 5) is -0.308. The number of aromatic hydroxyl groups is 1. The summed E-state index contributed by atoms with van der Waals surface area (Å²) < 4.78 is 31.4. The van der Waals surface area contributed by atoms with Crippen molar-refractivity contribution in [1.82, 2.24) is 0 Å². The van der Waals surface area contributed by atoms with Crippen molar-refractivity contribution in [3.05, 3.63) is 87.9 Å². The summed E-state index contributed by atoms with van der Waals surface area (Å²) in [6.45, 7) is 0.312. The minimum absolute atomic E-state index is 0.116. The van der Waals surface area contributed by atoms with Gasteiger partial charge in [-0.3, -0.25) is 0 Å². The summed E-state index contributed by atoms with van der Waals surface area (Å²) in [5.41, 5.74) is 1.44. The van der Waals surface area contributed by atoms with Gasteiger partial charge in [-0.15, -0.1) is 0 Å². The predicted octanol–water partition coefficient (Wildman–Crippen LogP) is 5.25. The van der Waals surface area contributed by atoms with Crippen molar-refractivity contribution in [3.8, 4) is 11.5 Å². The second-order valence-electron chi connectivity index (χ2n) is 5.88. The van der Waals surface area contributed by atoms with Gasteiger partial charge in [-0.2, -0.15) is 0 Å². The van der Waals surface area contributed by atoms with Gasteiger partial charge in [-0.1, -0.05) is 71.7 Å². The molecule has 27 heavy (non-hydrogen) atoms. The van der Waals surface area contributed by atoms with Crippen LogP contribution in [0.25, 0.3) is 0 Å². The van der Waals surface area contributed by atoms with Gasteiger partial charge in [0.15, 0.2) is 15.6 Å². The summed E-state index contributed by atoms with van der Waals surface area (Å²) in [6.07, 6.45) is 0. The number of rotatable bonds is 6. The molecular weight excluding hydrogens is 407 g/mol. The molecule has 0 fully saturated rings. The zero-order valence-electron chi connectivity index (χ0n) is 14.1. The molecule has 0 radical (unpaired) electrons. The van der Waals surface area contributed by atoms with Gasteiger partial charge in [0.1, 0.15) is 17.3 Å². The molecule has 1 N–H and O–H groups in total. The molecule has 3 aromatic rings. The lowest BCUT2D eigenvalue weighted by atomic mass is 10.2. The quantitative estimate of drug-likeness (QED) is 0.588. The molecule has 0 saturated carbocycles. The molecule has 3 aromatic carbocycles. The van der Waals surface area contributed by atoms with Crippen molar-refractivity contribution in [2.24, 2.45) is 0 Å². The fourth-order valence-corrected chi connectivity index (χ4v) is 4.69. The second-order valence-corrected chi connectivity index (χ2v) is 8.68. The van der Waals surface area contributed by atoms with Crippen LogP contribution < -0.4 is 4.74 Å². The van der Waals surface area contributed by atoms with Crippen molar-refractivity contribution >= 4 is 33.0 Å². The van der Waals surface area contributed by atoms with Crippen LogP contribution >= 0.6 is 23.2 Å². The third-order valence-corrected chi connectivity index (χ3v) is 6.06. The highest BCUT2D eigenvalue weighted by Crippen LogP contribution is 2.36. The number of para-hydroxylation sites is 1. The Morgan fingerprint density at radius 2 is 1.59 bits per heavy atom. The van der Waals surface area contributed by atoms with Crippen LogP contribution in [-0.4, -0.2) is 13.5 Å². The van der Waals surface area contributed by atoms with Crippen LogP contribution in [0.2, 0.25) is 10.0 Å². The van der Waals surface area contributed by atoms with Crippen molar-refractivity contribution in [1.29, 1.82) is 0 Å². The van der Waals surface area contributed by atoms with E-state index in [-0.39, 0.29) is 20.7 Å². The molecule has 0 unspecified atom stereocenters. The number of halogens is 2. The van der Waals surface area contributed by atoms with Crippen LogP contribution in [0.3, 0.4) is 0 Å². The van der Waals surface area contributed by atoms with Crippen molar-refractivity contribution in [2.45, 2.75) is 17.3 Å². The first-order valence-electron chi connectivity index (χ1n) is 8.02. The van der Waals surface area contributed by atoms with Crippen LogP contribution in [0, 0.1) is 0 Å². The SMILES string of the molecule is O=S(=O)(Cc1ccccc1OCc1ccccc1)c1cc(Cl)cc(Cl)c1O. The third-order valence-electron chi connectivity index (χ3n) is 3.88. The lowest BCUT2D eigenvalue weighted by Gasteiger charge is -2.13. The molecule has 0 amide bonds. The van der Waals surface area contributed by atoms with Crippen LogP contribution in [0.1, 0.15) is 11.1 Å². The zero-order chi connectivity index (χ0) is 19.4. The monoisotopic (exact) mass is 422 g/mol. The number of phenols is 1. The van der Waals surface area contributed by atoms with Crippen molar-refractivity contribution in [2.75, 3.05) is 0 Å². The van der Waals surface area contributed by atoms with E-state index >= 15 is 0 Å². The zero-order valence-corrected chi connectivity index (χ0v) is 16.4. The van der Waals surface area contributed by atoms with E-state index in [0.29, 0.717) is 17.9 Å². The average molecular weight is 423 g/mol. The average Bonchev–Trinajstić information content (AvgIpc) is 2.64. The minimum Gasteiger partial charge on any atom is -0.505 e. The van der Waals surface area contributed by atoms with Crippen LogP contribution in [0.5, 0.6) is 11.5 Å². The minimum atomic E-state index is -3.89. The first-order valence-corrected chi connectivity index (χ1v) is 10.4. The molecule has 4 nitrogen and oxygen atoms in total. The Morgan fingerprint density at radius 3 is 2.33 bits per heavy atom. The van der Waals surface area contributed by atoms with Gasteiger partial charge in [0.05, 0.1) is 10.8 Å². The molecule has 140 valence electrons. The van der Waals surface area contributed by atoms with E-state index in [2.05, 4.69) is 0 Å². The Bertz CT molecular complexity index is 1050. The largest absolute Gasteiger partial charge is 0.505 e. The number of hydrogen-bond donors (Lipinski definition) is 1. The lowest BCUT2D eigenvalue weighted by Crippen LogP contribution is -2.07.